The predicted octanol–water partition coefficient (Wildman–Crippen LogP) is 1.98. The lowest BCUT2D eigenvalue weighted by molar-refractivity contribution is -0.142. The van der Waals surface area contributed by atoms with Crippen molar-refractivity contribution < 1.29 is 14.3 Å². The number of hydrogen-bond donors (Lipinski definition) is 0. The molecule has 2 fully saturated rings. The molecule has 2 aromatic heterocycles. The molecule has 1 saturated heterocycles. The number of carbonyl (C=O) groups excluding carboxylic acids is 2. The van der Waals surface area contributed by atoms with Crippen molar-refractivity contribution in [1.82, 2.24) is 29.8 Å². The second-order valence-electron chi connectivity index (χ2n) is 9.41. The molecule has 1 atom stereocenters. The fraction of sp³-hybridized carbons (Fsp3) is 0.625. The summed E-state index contributed by atoms with van der Waals surface area (Å²) in [6.45, 7) is 5.94. The maximum atomic E-state index is 13.9. The number of amides is 2. The van der Waals surface area contributed by atoms with E-state index >= 15 is 0 Å². The van der Waals surface area contributed by atoms with E-state index in [0.717, 1.165) is 36.3 Å². The Labute approximate surface area is 194 Å². The Morgan fingerprint density at radius 3 is 2.61 bits per heavy atom. The molecule has 0 bridgehead atoms. The van der Waals surface area contributed by atoms with Gasteiger partial charge in [0.1, 0.15) is 5.69 Å². The molecule has 33 heavy (non-hydrogen) atoms. The molecule has 0 radical (unpaired) electrons. The zero-order valence-electron chi connectivity index (χ0n) is 19.2. The largest absolute Gasteiger partial charge is 0.381 e. The average Bonchev–Trinajstić information content (AvgIpc) is 3.60. The highest BCUT2D eigenvalue weighted by Gasteiger charge is 2.41. The molecule has 1 saturated carbocycles. The van der Waals surface area contributed by atoms with Crippen LogP contribution in [0.5, 0.6) is 0 Å². The highest BCUT2D eigenvalue weighted by Crippen LogP contribution is 2.35. The van der Waals surface area contributed by atoms with Crippen molar-refractivity contribution in [3.63, 3.8) is 0 Å². The van der Waals surface area contributed by atoms with Crippen molar-refractivity contribution in [3.05, 3.63) is 41.5 Å². The predicted molar refractivity (Wildman–Crippen MR) is 120 cm³/mol. The van der Waals surface area contributed by atoms with Crippen LogP contribution in [0.25, 0.3) is 0 Å². The van der Waals surface area contributed by atoms with Crippen LogP contribution in [-0.2, 0) is 34.0 Å². The summed E-state index contributed by atoms with van der Waals surface area (Å²) in [5.41, 5.74) is 2.70. The standard InChI is InChI=1S/C24H32N6O3/c1-2-28(13-18-5-9-25-10-6-18)24(32)20-15-29(23(31)19-7-11-33-12-8-19)16-21-22(20)30(27-26-21)14-17-3-4-17/h5-6,9-10,17,19-20H,2-4,7-8,11-16H2,1H3. The van der Waals surface area contributed by atoms with Crippen molar-refractivity contribution >= 4 is 11.8 Å². The maximum absolute atomic E-state index is 13.9. The summed E-state index contributed by atoms with van der Waals surface area (Å²) in [6.07, 6.45) is 7.36. The van der Waals surface area contributed by atoms with Crippen LogP contribution in [0.4, 0.5) is 0 Å². The first-order chi connectivity index (χ1) is 16.1. The normalized spacial score (nSPS) is 21.0. The first-order valence-corrected chi connectivity index (χ1v) is 12.1. The number of nitrogens with zero attached hydrogens (tertiary/aromatic N) is 6. The molecular weight excluding hydrogens is 420 g/mol. The average molecular weight is 453 g/mol. The Hall–Kier alpha value is -2.81. The second kappa shape index (κ2) is 9.59. The van der Waals surface area contributed by atoms with Crippen molar-refractivity contribution in [1.29, 1.82) is 0 Å². The van der Waals surface area contributed by atoms with Crippen molar-refractivity contribution in [2.45, 2.75) is 58.2 Å². The van der Waals surface area contributed by atoms with E-state index in [9.17, 15) is 9.59 Å². The van der Waals surface area contributed by atoms with Gasteiger partial charge in [-0.2, -0.15) is 0 Å². The molecule has 2 amide bonds. The Morgan fingerprint density at radius 2 is 1.91 bits per heavy atom. The molecule has 1 aliphatic carbocycles. The van der Waals surface area contributed by atoms with Gasteiger partial charge in [-0.05, 0) is 56.2 Å². The lowest BCUT2D eigenvalue weighted by Gasteiger charge is -2.36. The fourth-order valence-corrected chi connectivity index (χ4v) is 4.92. The zero-order valence-corrected chi connectivity index (χ0v) is 19.2. The number of ether oxygens (including phenoxy) is 1. The SMILES string of the molecule is CCN(Cc1ccncc1)C(=O)C1CN(C(=O)C2CCOCC2)Cc2nnn(CC3CC3)c21. The van der Waals surface area contributed by atoms with E-state index in [1.54, 1.807) is 12.4 Å². The zero-order chi connectivity index (χ0) is 22.8. The maximum Gasteiger partial charge on any atom is 0.233 e. The van der Waals surface area contributed by atoms with Crippen molar-refractivity contribution in [2.75, 3.05) is 26.3 Å². The number of carbonyl (C=O) groups is 2. The quantitative estimate of drug-likeness (QED) is 0.638. The van der Waals surface area contributed by atoms with E-state index in [0.29, 0.717) is 45.3 Å². The van der Waals surface area contributed by atoms with Gasteiger partial charge in [0.05, 0.1) is 18.2 Å². The molecule has 0 spiro atoms. The van der Waals surface area contributed by atoms with Crippen LogP contribution >= 0.6 is 0 Å². The first-order valence-electron chi connectivity index (χ1n) is 12.1. The van der Waals surface area contributed by atoms with E-state index in [1.165, 1.54) is 12.8 Å². The molecule has 0 aromatic carbocycles. The van der Waals surface area contributed by atoms with Gasteiger partial charge >= 0.3 is 0 Å². The Balaban J connectivity index is 1.42. The smallest absolute Gasteiger partial charge is 0.233 e. The van der Waals surface area contributed by atoms with Crippen LogP contribution in [0.3, 0.4) is 0 Å². The summed E-state index contributed by atoms with van der Waals surface area (Å²) in [6, 6.07) is 3.87. The highest BCUT2D eigenvalue weighted by atomic mass is 16.5. The summed E-state index contributed by atoms with van der Waals surface area (Å²) in [7, 11) is 0. The van der Waals surface area contributed by atoms with Gasteiger partial charge in [0.15, 0.2) is 0 Å². The van der Waals surface area contributed by atoms with Crippen LogP contribution in [0.1, 0.15) is 55.5 Å². The van der Waals surface area contributed by atoms with Crippen LogP contribution in [-0.4, -0.2) is 67.9 Å². The van der Waals surface area contributed by atoms with Gasteiger partial charge in [0, 0.05) is 57.7 Å². The van der Waals surface area contributed by atoms with Gasteiger partial charge in [-0.1, -0.05) is 5.21 Å². The first kappa shape index (κ1) is 22.0. The van der Waals surface area contributed by atoms with Gasteiger partial charge in [0.2, 0.25) is 11.8 Å². The summed E-state index contributed by atoms with van der Waals surface area (Å²) in [5.74, 6) is 0.257. The third kappa shape index (κ3) is 4.78. The minimum Gasteiger partial charge on any atom is -0.381 e. The van der Waals surface area contributed by atoms with Gasteiger partial charge < -0.3 is 14.5 Å². The van der Waals surface area contributed by atoms with Crippen LogP contribution in [0.15, 0.2) is 24.5 Å². The van der Waals surface area contributed by atoms with Crippen LogP contribution in [0.2, 0.25) is 0 Å². The molecule has 176 valence electrons. The summed E-state index contributed by atoms with van der Waals surface area (Å²) < 4.78 is 7.38. The fourth-order valence-electron chi connectivity index (χ4n) is 4.92. The molecular formula is C24H32N6O3. The van der Waals surface area contributed by atoms with E-state index < -0.39 is 5.92 Å². The number of fused-ring (bicyclic) bond motifs is 1. The highest BCUT2D eigenvalue weighted by molar-refractivity contribution is 5.86. The molecule has 4 heterocycles. The minimum atomic E-state index is -0.451. The van der Waals surface area contributed by atoms with Crippen molar-refractivity contribution in [2.24, 2.45) is 11.8 Å². The van der Waals surface area contributed by atoms with Gasteiger partial charge in [-0.25, -0.2) is 4.68 Å². The third-order valence-corrected chi connectivity index (χ3v) is 7.05. The Morgan fingerprint density at radius 1 is 1.15 bits per heavy atom. The molecule has 9 nitrogen and oxygen atoms in total. The molecule has 2 aromatic rings. The molecule has 5 rings (SSSR count). The molecule has 2 aliphatic heterocycles. The molecule has 3 aliphatic rings. The number of pyridine rings is 1. The second-order valence-corrected chi connectivity index (χ2v) is 9.41. The topological polar surface area (TPSA) is 93.5 Å². The monoisotopic (exact) mass is 452 g/mol. The summed E-state index contributed by atoms with van der Waals surface area (Å²) in [5, 5.41) is 8.85. The number of aromatic nitrogens is 4. The van der Waals surface area contributed by atoms with Gasteiger partial charge in [-0.3, -0.25) is 14.6 Å². The lowest BCUT2D eigenvalue weighted by Crippen LogP contribution is -2.47. The summed E-state index contributed by atoms with van der Waals surface area (Å²) in [4.78, 5) is 35.0. The molecule has 9 heteroatoms. The minimum absolute atomic E-state index is 0.0272. The molecule has 0 N–H and O–H groups in total. The third-order valence-electron chi connectivity index (χ3n) is 7.05. The Kier molecular flexibility index (Phi) is 6.39. The number of likely N-dealkylation sites (N-methyl/N-ethyl adjacent to an activating group) is 1. The lowest BCUT2D eigenvalue weighted by atomic mass is 9.92. The van der Waals surface area contributed by atoms with Crippen molar-refractivity contribution in [3.8, 4) is 0 Å². The summed E-state index contributed by atoms with van der Waals surface area (Å²) >= 11 is 0. The van der Waals surface area contributed by atoms with Crippen LogP contribution < -0.4 is 0 Å². The molecule has 1 unspecified atom stereocenters. The van der Waals surface area contributed by atoms with Crippen LogP contribution in [0, 0.1) is 11.8 Å². The van der Waals surface area contributed by atoms with E-state index in [1.807, 2.05) is 33.5 Å². The van der Waals surface area contributed by atoms with E-state index in [2.05, 4.69) is 15.3 Å². The number of hydrogen-bond acceptors (Lipinski definition) is 6. The van der Waals surface area contributed by atoms with E-state index in [4.69, 9.17) is 4.74 Å². The van der Waals surface area contributed by atoms with E-state index in [-0.39, 0.29) is 17.7 Å². The Bertz CT molecular complexity index is 983. The van der Waals surface area contributed by atoms with Gasteiger partial charge in [0.25, 0.3) is 0 Å². The number of rotatable bonds is 7. The van der Waals surface area contributed by atoms with Gasteiger partial charge in [-0.15, -0.1) is 5.10 Å².